The molecule has 3 heteroatoms. The summed E-state index contributed by atoms with van der Waals surface area (Å²) in [6.07, 6.45) is 4.18. The predicted octanol–water partition coefficient (Wildman–Crippen LogP) is 4.60. The van der Waals surface area contributed by atoms with Crippen molar-refractivity contribution in [2.24, 2.45) is 5.73 Å². The van der Waals surface area contributed by atoms with Gasteiger partial charge in [0.05, 0.1) is 0 Å². The molecule has 0 fully saturated rings. The fraction of sp³-hybridized carbons (Fsp3) is 0.375. The van der Waals surface area contributed by atoms with Crippen LogP contribution < -0.4 is 5.73 Å². The topological polar surface area (TPSA) is 26.0 Å². The number of hydrogen-bond donors (Lipinski definition) is 1. The van der Waals surface area contributed by atoms with E-state index in [4.69, 9.17) is 17.3 Å². The first-order valence-corrected chi connectivity index (χ1v) is 7.94. The van der Waals surface area contributed by atoms with E-state index in [0.29, 0.717) is 0 Å². The first-order chi connectivity index (χ1) is 9.15. The second kappa shape index (κ2) is 7.09. The van der Waals surface area contributed by atoms with Crippen molar-refractivity contribution in [2.45, 2.75) is 38.6 Å². The smallest absolute Gasteiger partial charge is 0.0441 e. The third kappa shape index (κ3) is 4.64. The highest BCUT2D eigenvalue weighted by molar-refractivity contribution is 7.09. The van der Waals surface area contributed by atoms with Crippen molar-refractivity contribution in [1.29, 1.82) is 0 Å². The minimum Gasteiger partial charge on any atom is -0.327 e. The van der Waals surface area contributed by atoms with Crippen LogP contribution in [0.1, 0.15) is 28.8 Å². The molecule has 1 heterocycles. The predicted molar refractivity (Wildman–Crippen MR) is 85.1 cm³/mol. The van der Waals surface area contributed by atoms with E-state index in [2.05, 4.69) is 36.6 Å². The highest BCUT2D eigenvalue weighted by atomic mass is 35.5. The fourth-order valence-corrected chi connectivity index (χ4v) is 3.26. The number of nitrogens with two attached hydrogens (primary N) is 1. The Bertz CT molecular complexity index is 507. The SMILES string of the molecule is Cc1ccc(CC(N)CCCc2cccs2)c(Cl)c1. The van der Waals surface area contributed by atoms with Crippen LogP contribution in [-0.2, 0) is 12.8 Å². The Kier molecular flexibility index (Phi) is 5.44. The molecule has 1 atom stereocenters. The Labute approximate surface area is 124 Å². The summed E-state index contributed by atoms with van der Waals surface area (Å²) in [6, 6.07) is 10.7. The van der Waals surface area contributed by atoms with Crippen molar-refractivity contribution < 1.29 is 0 Å². The second-order valence-corrected chi connectivity index (χ2v) is 6.47. The number of benzene rings is 1. The minimum atomic E-state index is 0.195. The Morgan fingerprint density at radius 1 is 1.32 bits per heavy atom. The Hall–Kier alpha value is -0.830. The Morgan fingerprint density at radius 2 is 2.16 bits per heavy atom. The minimum absolute atomic E-state index is 0.195. The van der Waals surface area contributed by atoms with Gasteiger partial charge in [-0.1, -0.05) is 29.8 Å². The Balaban J connectivity index is 1.79. The van der Waals surface area contributed by atoms with E-state index < -0.39 is 0 Å². The number of hydrogen-bond acceptors (Lipinski definition) is 2. The third-order valence-electron chi connectivity index (χ3n) is 3.27. The summed E-state index contributed by atoms with van der Waals surface area (Å²) in [7, 11) is 0. The maximum atomic E-state index is 6.23. The molecule has 1 nitrogen and oxygen atoms in total. The molecule has 2 rings (SSSR count). The lowest BCUT2D eigenvalue weighted by molar-refractivity contribution is 0.582. The van der Waals surface area contributed by atoms with E-state index in [1.165, 1.54) is 10.4 Å². The molecule has 0 aliphatic rings. The van der Waals surface area contributed by atoms with Crippen LogP contribution in [-0.4, -0.2) is 6.04 Å². The summed E-state index contributed by atoms with van der Waals surface area (Å²) in [6.45, 7) is 2.05. The average Bonchev–Trinajstić information content (AvgIpc) is 2.86. The average molecular weight is 294 g/mol. The molecule has 2 aromatic rings. The molecule has 0 amide bonds. The van der Waals surface area contributed by atoms with Crippen LogP contribution >= 0.6 is 22.9 Å². The maximum Gasteiger partial charge on any atom is 0.0441 e. The van der Waals surface area contributed by atoms with Crippen LogP contribution in [0.3, 0.4) is 0 Å². The molecule has 0 bridgehead atoms. The summed E-state index contributed by atoms with van der Waals surface area (Å²) in [5.74, 6) is 0. The highest BCUT2D eigenvalue weighted by Gasteiger charge is 2.07. The van der Waals surface area contributed by atoms with Gasteiger partial charge in [0, 0.05) is 15.9 Å². The van der Waals surface area contributed by atoms with Crippen molar-refractivity contribution in [2.75, 3.05) is 0 Å². The lowest BCUT2D eigenvalue weighted by Gasteiger charge is -2.12. The van der Waals surface area contributed by atoms with Crippen LogP contribution in [0.5, 0.6) is 0 Å². The normalized spacial score (nSPS) is 12.6. The summed E-state index contributed by atoms with van der Waals surface area (Å²) < 4.78 is 0. The highest BCUT2D eigenvalue weighted by Crippen LogP contribution is 2.20. The van der Waals surface area contributed by atoms with Crippen molar-refractivity contribution in [1.82, 2.24) is 0 Å². The van der Waals surface area contributed by atoms with E-state index in [1.54, 1.807) is 0 Å². The zero-order valence-electron chi connectivity index (χ0n) is 11.2. The zero-order valence-corrected chi connectivity index (χ0v) is 12.8. The third-order valence-corrected chi connectivity index (χ3v) is 4.56. The number of thiophene rings is 1. The first kappa shape index (κ1) is 14.6. The quantitative estimate of drug-likeness (QED) is 0.827. The lowest BCUT2D eigenvalue weighted by Crippen LogP contribution is -2.23. The summed E-state index contributed by atoms with van der Waals surface area (Å²) >= 11 is 8.06. The lowest BCUT2D eigenvalue weighted by atomic mass is 10.0. The van der Waals surface area contributed by atoms with Gasteiger partial charge in [-0.2, -0.15) is 0 Å². The molecular weight excluding hydrogens is 274 g/mol. The van der Waals surface area contributed by atoms with Crippen molar-refractivity contribution in [3.63, 3.8) is 0 Å². The molecule has 1 unspecified atom stereocenters. The molecular formula is C16H20ClNS. The zero-order chi connectivity index (χ0) is 13.7. The number of aryl methyl sites for hydroxylation is 2. The van der Waals surface area contributed by atoms with Gasteiger partial charge < -0.3 is 5.73 Å². The van der Waals surface area contributed by atoms with E-state index in [0.717, 1.165) is 36.3 Å². The molecule has 1 aromatic carbocycles. The standard InChI is InChI=1S/C16H20ClNS/c1-12-7-8-13(16(17)10-12)11-14(18)4-2-5-15-6-3-9-19-15/h3,6-10,14H,2,4-5,11,18H2,1H3. The number of halogens is 1. The molecule has 1 aromatic heterocycles. The molecule has 0 spiro atoms. The van der Waals surface area contributed by atoms with Gasteiger partial charge in [0.2, 0.25) is 0 Å². The molecule has 0 saturated heterocycles. The molecule has 102 valence electrons. The van der Waals surface area contributed by atoms with Gasteiger partial charge in [-0.05, 0) is 61.2 Å². The Morgan fingerprint density at radius 3 is 2.84 bits per heavy atom. The fourth-order valence-electron chi connectivity index (χ4n) is 2.20. The van der Waals surface area contributed by atoms with Gasteiger partial charge in [-0.25, -0.2) is 0 Å². The van der Waals surface area contributed by atoms with Crippen LogP contribution in [0.4, 0.5) is 0 Å². The van der Waals surface area contributed by atoms with Crippen LogP contribution in [0.15, 0.2) is 35.7 Å². The molecule has 19 heavy (non-hydrogen) atoms. The largest absolute Gasteiger partial charge is 0.327 e. The summed E-state index contributed by atoms with van der Waals surface area (Å²) in [5, 5.41) is 2.97. The maximum absolute atomic E-state index is 6.23. The second-order valence-electron chi connectivity index (χ2n) is 5.03. The summed E-state index contributed by atoms with van der Waals surface area (Å²) in [5.41, 5.74) is 8.55. The van der Waals surface area contributed by atoms with Gasteiger partial charge >= 0.3 is 0 Å². The van der Waals surface area contributed by atoms with Crippen LogP contribution in [0.25, 0.3) is 0 Å². The molecule has 0 aliphatic carbocycles. The van der Waals surface area contributed by atoms with Gasteiger partial charge in [0.15, 0.2) is 0 Å². The van der Waals surface area contributed by atoms with Crippen molar-refractivity contribution in [3.8, 4) is 0 Å². The summed E-state index contributed by atoms with van der Waals surface area (Å²) in [4.78, 5) is 1.44. The van der Waals surface area contributed by atoms with E-state index in [-0.39, 0.29) is 6.04 Å². The van der Waals surface area contributed by atoms with Gasteiger partial charge in [0.1, 0.15) is 0 Å². The van der Waals surface area contributed by atoms with E-state index >= 15 is 0 Å². The molecule has 2 N–H and O–H groups in total. The molecule has 0 radical (unpaired) electrons. The van der Waals surface area contributed by atoms with Crippen LogP contribution in [0.2, 0.25) is 5.02 Å². The number of rotatable bonds is 6. The van der Waals surface area contributed by atoms with Crippen molar-refractivity contribution in [3.05, 3.63) is 56.7 Å². The molecule has 0 saturated carbocycles. The first-order valence-electron chi connectivity index (χ1n) is 6.68. The molecule has 0 aliphatic heterocycles. The van der Waals surface area contributed by atoms with Gasteiger partial charge in [-0.15, -0.1) is 11.3 Å². The van der Waals surface area contributed by atoms with Crippen molar-refractivity contribution >= 4 is 22.9 Å². The van der Waals surface area contributed by atoms with E-state index in [9.17, 15) is 0 Å². The monoisotopic (exact) mass is 293 g/mol. The van der Waals surface area contributed by atoms with E-state index in [1.807, 2.05) is 17.4 Å². The van der Waals surface area contributed by atoms with Gasteiger partial charge in [0.25, 0.3) is 0 Å². The van der Waals surface area contributed by atoms with Crippen LogP contribution in [0, 0.1) is 6.92 Å². The van der Waals surface area contributed by atoms with Gasteiger partial charge in [-0.3, -0.25) is 0 Å².